The summed E-state index contributed by atoms with van der Waals surface area (Å²) in [6.07, 6.45) is 0.0617. The van der Waals surface area contributed by atoms with E-state index in [-0.39, 0.29) is 23.8 Å². The van der Waals surface area contributed by atoms with E-state index in [0.29, 0.717) is 6.42 Å². The molecule has 1 rings (SSSR count). The van der Waals surface area contributed by atoms with Gasteiger partial charge in [0.25, 0.3) is 5.91 Å². The van der Waals surface area contributed by atoms with Gasteiger partial charge < -0.3 is 15.4 Å². The van der Waals surface area contributed by atoms with E-state index in [4.69, 9.17) is 9.57 Å². The van der Waals surface area contributed by atoms with Crippen LogP contribution in [0.1, 0.15) is 47.5 Å². The molecule has 3 amide bonds. The third-order valence-electron chi connectivity index (χ3n) is 3.68. The lowest BCUT2D eigenvalue weighted by molar-refractivity contribution is -0.171. The first-order valence-electron chi connectivity index (χ1n) is 7.98. The van der Waals surface area contributed by atoms with Crippen molar-refractivity contribution in [2.45, 2.75) is 64.6 Å². The van der Waals surface area contributed by atoms with E-state index in [1.807, 2.05) is 13.8 Å². The molecule has 0 spiro atoms. The van der Waals surface area contributed by atoms with E-state index >= 15 is 0 Å². The Labute approximate surface area is 143 Å². The number of nitrogens with zero attached hydrogens (tertiary/aromatic N) is 1. The second kappa shape index (κ2) is 7.38. The van der Waals surface area contributed by atoms with Crippen LogP contribution in [0.2, 0.25) is 0 Å². The van der Waals surface area contributed by atoms with Crippen LogP contribution < -0.4 is 10.6 Å². The van der Waals surface area contributed by atoms with Gasteiger partial charge in [0.05, 0.1) is 7.11 Å². The van der Waals surface area contributed by atoms with E-state index in [9.17, 15) is 14.4 Å². The van der Waals surface area contributed by atoms with Gasteiger partial charge in [-0.25, -0.2) is 9.86 Å². The van der Waals surface area contributed by atoms with Crippen molar-refractivity contribution < 1.29 is 24.0 Å². The number of amides is 3. The Kier molecular flexibility index (Phi) is 6.21. The number of rotatable bonds is 5. The number of likely N-dealkylation sites (N-methyl/N-ethyl adjacent to an activating group) is 1. The first kappa shape index (κ1) is 20.2. The molecule has 2 N–H and O–H groups in total. The lowest BCUT2D eigenvalue weighted by atomic mass is 9.91. The van der Waals surface area contributed by atoms with Crippen LogP contribution in [0.25, 0.3) is 0 Å². The van der Waals surface area contributed by atoms with E-state index in [1.54, 1.807) is 20.8 Å². The van der Waals surface area contributed by atoms with E-state index in [0.717, 1.165) is 5.06 Å². The molecular formula is C16H29N3O5. The van der Waals surface area contributed by atoms with Crippen molar-refractivity contribution >= 4 is 17.9 Å². The average Bonchev–Trinajstić information content (AvgIpc) is 2.66. The van der Waals surface area contributed by atoms with Crippen molar-refractivity contribution in [3.05, 3.63) is 0 Å². The monoisotopic (exact) mass is 343 g/mol. The van der Waals surface area contributed by atoms with Gasteiger partial charge >= 0.3 is 6.09 Å². The van der Waals surface area contributed by atoms with Gasteiger partial charge in [0.2, 0.25) is 5.91 Å². The molecule has 1 heterocycles. The molecule has 2 atom stereocenters. The second-order valence-electron chi connectivity index (χ2n) is 7.73. The summed E-state index contributed by atoms with van der Waals surface area (Å²) in [5.74, 6) is -0.932. The molecule has 0 radical (unpaired) electrons. The molecule has 0 aromatic carbocycles. The molecular weight excluding hydrogens is 314 g/mol. The van der Waals surface area contributed by atoms with Crippen molar-refractivity contribution in [2.24, 2.45) is 5.92 Å². The Bertz CT molecular complexity index is 498. The summed E-state index contributed by atoms with van der Waals surface area (Å²) in [4.78, 5) is 41.4. The first-order chi connectivity index (χ1) is 10.8. The van der Waals surface area contributed by atoms with Crippen LogP contribution in [0.3, 0.4) is 0 Å². The molecule has 0 unspecified atom stereocenters. The molecule has 8 nitrogen and oxygen atoms in total. The van der Waals surface area contributed by atoms with Crippen molar-refractivity contribution in [3.63, 3.8) is 0 Å². The van der Waals surface area contributed by atoms with Gasteiger partial charge in [-0.15, -0.1) is 0 Å². The highest BCUT2D eigenvalue weighted by Crippen LogP contribution is 2.28. The fourth-order valence-electron chi connectivity index (χ4n) is 2.65. The Balaban J connectivity index is 2.84. The van der Waals surface area contributed by atoms with Crippen LogP contribution in [-0.4, -0.2) is 54.3 Å². The SMILES string of the molecule is CON(C)C(=O)[C@H](C[C@@H]1CC(C)(C)NC1=O)NC(=O)OC(C)(C)C. The van der Waals surface area contributed by atoms with Crippen LogP contribution in [0.15, 0.2) is 0 Å². The standard InChI is InChI=1S/C16H29N3O5/c1-15(2,3)24-14(22)17-11(13(21)19(6)23-7)8-10-9-16(4,5)18-12(10)20/h10-11H,8-9H2,1-7H3,(H,17,22)(H,18,20)/t10-,11+/m1/s1. The zero-order valence-electron chi connectivity index (χ0n) is 15.6. The summed E-state index contributed by atoms with van der Waals surface area (Å²) in [5.41, 5.74) is -1.01. The van der Waals surface area contributed by atoms with Crippen molar-refractivity contribution in [1.29, 1.82) is 0 Å². The fourth-order valence-corrected chi connectivity index (χ4v) is 2.65. The van der Waals surface area contributed by atoms with E-state index in [1.165, 1.54) is 14.2 Å². The number of ether oxygens (including phenoxy) is 1. The van der Waals surface area contributed by atoms with Crippen molar-refractivity contribution in [1.82, 2.24) is 15.7 Å². The van der Waals surface area contributed by atoms with Gasteiger partial charge in [-0.05, 0) is 47.5 Å². The molecule has 1 aliphatic rings. The summed E-state index contributed by atoms with van der Waals surface area (Å²) >= 11 is 0. The number of alkyl carbamates (subject to hydrolysis) is 1. The maximum atomic E-state index is 12.4. The van der Waals surface area contributed by atoms with Crippen molar-refractivity contribution in [2.75, 3.05) is 14.2 Å². The molecule has 0 aromatic rings. The smallest absolute Gasteiger partial charge is 0.408 e. The largest absolute Gasteiger partial charge is 0.444 e. The minimum atomic E-state index is -0.908. The molecule has 24 heavy (non-hydrogen) atoms. The number of carbonyl (C=O) groups is 3. The summed E-state index contributed by atoms with van der Waals surface area (Å²) in [5, 5.41) is 6.46. The summed E-state index contributed by atoms with van der Waals surface area (Å²) in [6.45, 7) is 9.04. The zero-order chi connectivity index (χ0) is 18.7. The molecule has 0 saturated carbocycles. The van der Waals surface area contributed by atoms with Gasteiger partial charge in [-0.1, -0.05) is 0 Å². The van der Waals surface area contributed by atoms with Gasteiger partial charge in [0.1, 0.15) is 11.6 Å². The predicted molar refractivity (Wildman–Crippen MR) is 87.9 cm³/mol. The van der Waals surface area contributed by atoms with Gasteiger partial charge in [-0.2, -0.15) is 0 Å². The Morgan fingerprint density at radius 2 is 2.00 bits per heavy atom. The molecule has 1 aliphatic heterocycles. The lowest BCUT2D eigenvalue weighted by Crippen LogP contribution is -2.49. The number of hydroxylamine groups is 2. The number of hydrogen-bond donors (Lipinski definition) is 2. The third kappa shape index (κ3) is 5.99. The highest BCUT2D eigenvalue weighted by Gasteiger charge is 2.40. The molecule has 1 saturated heterocycles. The molecule has 1 fully saturated rings. The number of nitrogens with one attached hydrogen (secondary N) is 2. The topological polar surface area (TPSA) is 97.0 Å². The highest BCUT2D eigenvalue weighted by molar-refractivity contribution is 5.87. The van der Waals surface area contributed by atoms with Crippen LogP contribution >= 0.6 is 0 Å². The fraction of sp³-hybridized carbons (Fsp3) is 0.812. The Morgan fingerprint density at radius 3 is 2.42 bits per heavy atom. The number of hydrogen-bond acceptors (Lipinski definition) is 5. The summed E-state index contributed by atoms with van der Waals surface area (Å²) in [7, 11) is 2.80. The van der Waals surface area contributed by atoms with Crippen LogP contribution in [0.4, 0.5) is 4.79 Å². The van der Waals surface area contributed by atoms with Crippen LogP contribution in [0, 0.1) is 5.92 Å². The Morgan fingerprint density at radius 1 is 1.42 bits per heavy atom. The highest BCUT2D eigenvalue weighted by atomic mass is 16.7. The summed E-state index contributed by atoms with van der Waals surface area (Å²) < 4.78 is 5.20. The van der Waals surface area contributed by atoms with Crippen LogP contribution in [-0.2, 0) is 19.2 Å². The molecule has 138 valence electrons. The maximum Gasteiger partial charge on any atom is 0.408 e. The lowest BCUT2D eigenvalue weighted by Gasteiger charge is -2.26. The van der Waals surface area contributed by atoms with Gasteiger partial charge in [-0.3, -0.25) is 14.4 Å². The van der Waals surface area contributed by atoms with Crippen LogP contribution in [0.5, 0.6) is 0 Å². The Hall–Kier alpha value is -1.83. The second-order valence-corrected chi connectivity index (χ2v) is 7.73. The summed E-state index contributed by atoms with van der Waals surface area (Å²) in [6, 6.07) is -0.908. The van der Waals surface area contributed by atoms with E-state index in [2.05, 4.69) is 10.6 Å². The van der Waals surface area contributed by atoms with Gasteiger partial charge in [0, 0.05) is 18.5 Å². The van der Waals surface area contributed by atoms with Gasteiger partial charge in [0.15, 0.2) is 0 Å². The van der Waals surface area contributed by atoms with E-state index < -0.39 is 23.6 Å². The number of carbonyl (C=O) groups excluding carboxylic acids is 3. The average molecular weight is 343 g/mol. The molecule has 0 aliphatic carbocycles. The first-order valence-corrected chi connectivity index (χ1v) is 7.98. The maximum absolute atomic E-state index is 12.4. The minimum Gasteiger partial charge on any atom is -0.444 e. The quantitative estimate of drug-likeness (QED) is 0.731. The third-order valence-corrected chi connectivity index (χ3v) is 3.68. The molecule has 8 heteroatoms. The minimum absolute atomic E-state index is 0.121. The molecule has 0 bridgehead atoms. The normalized spacial score (nSPS) is 21.0. The molecule has 0 aromatic heterocycles. The zero-order valence-corrected chi connectivity index (χ0v) is 15.6. The predicted octanol–water partition coefficient (Wildman–Crippen LogP) is 1.20. The van der Waals surface area contributed by atoms with Crippen molar-refractivity contribution in [3.8, 4) is 0 Å².